The normalized spacial score (nSPS) is 11.8. The van der Waals surface area contributed by atoms with Gasteiger partial charge in [0.1, 0.15) is 41.5 Å². The zero-order valence-electron chi connectivity index (χ0n) is 16.2. The molecule has 3 rings (SSSR count). The van der Waals surface area contributed by atoms with Crippen LogP contribution in [0.4, 0.5) is 14.5 Å². The predicted molar refractivity (Wildman–Crippen MR) is 123 cm³/mol. The van der Waals surface area contributed by atoms with Gasteiger partial charge in [-0.3, -0.25) is 4.79 Å². The quantitative estimate of drug-likeness (QED) is 0.270. The number of aldehydes is 1. The van der Waals surface area contributed by atoms with Crippen LogP contribution in [-0.4, -0.2) is 29.1 Å². The van der Waals surface area contributed by atoms with Gasteiger partial charge in [0.25, 0.3) is 0 Å². The summed E-state index contributed by atoms with van der Waals surface area (Å²) in [5.74, 6) is -2.03. The highest BCUT2D eigenvalue weighted by Crippen LogP contribution is 2.38. The number of ether oxygens (including phenoxy) is 1. The van der Waals surface area contributed by atoms with Crippen LogP contribution >= 0.6 is 27.5 Å². The Kier molecular flexibility index (Phi) is 7.96. The lowest BCUT2D eigenvalue weighted by molar-refractivity contribution is 0.112. The molecule has 3 aromatic rings. The molecule has 0 aliphatic carbocycles. The van der Waals surface area contributed by atoms with E-state index in [1.165, 1.54) is 24.3 Å². The van der Waals surface area contributed by atoms with Crippen molar-refractivity contribution in [2.24, 2.45) is 5.73 Å². The number of carbonyl (C=O) groups is 1. The smallest absolute Gasteiger partial charge is 0.223 e. The lowest BCUT2D eigenvalue weighted by Gasteiger charge is -2.16. The first-order valence-electron chi connectivity index (χ1n) is 9.03. The van der Waals surface area contributed by atoms with Crippen molar-refractivity contribution in [3.63, 3.8) is 0 Å². The van der Waals surface area contributed by atoms with Gasteiger partial charge in [-0.05, 0) is 46.3 Å². The number of nitrogens with one attached hydrogen (secondary N) is 1. The first kappa shape index (κ1) is 24.3. The van der Waals surface area contributed by atoms with Gasteiger partial charge in [-0.2, -0.15) is 0 Å². The summed E-state index contributed by atoms with van der Waals surface area (Å²) in [6.07, 6.45) is 0.503. The van der Waals surface area contributed by atoms with Crippen LogP contribution in [-0.2, 0) is 11.4 Å². The molecule has 6 nitrogen and oxygen atoms in total. The number of rotatable bonds is 8. The Balaban J connectivity index is 2.03. The topological polar surface area (TPSA) is 108 Å². The minimum atomic E-state index is -2.19. The molecule has 4 N–H and O–H groups in total. The van der Waals surface area contributed by atoms with Crippen molar-refractivity contribution in [1.29, 1.82) is 0 Å². The summed E-state index contributed by atoms with van der Waals surface area (Å²) in [6.45, 7) is 0.381. The largest absolute Gasteiger partial charge is 0.588 e. The highest BCUT2D eigenvalue weighted by molar-refractivity contribution is 9.10. The van der Waals surface area contributed by atoms with Crippen LogP contribution < -0.4 is 15.2 Å². The van der Waals surface area contributed by atoms with Crippen molar-refractivity contribution < 1.29 is 28.0 Å². The zero-order chi connectivity index (χ0) is 23.4. The highest BCUT2D eigenvalue weighted by Gasteiger charge is 2.24. The minimum absolute atomic E-state index is 0.0625. The van der Waals surface area contributed by atoms with Gasteiger partial charge >= 0.3 is 0 Å². The van der Waals surface area contributed by atoms with E-state index in [0.717, 1.165) is 6.07 Å². The first-order valence-corrected chi connectivity index (χ1v) is 11.3. The van der Waals surface area contributed by atoms with Crippen LogP contribution in [0.1, 0.15) is 10.4 Å². The molecule has 0 spiro atoms. The average Bonchev–Trinajstić information content (AvgIpc) is 2.76. The van der Waals surface area contributed by atoms with Crippen molar-refractivity contribution >= 4 is 50.9 Å². The monoisotopic (exact) mass is 544 g/mol. The van der Waals surface area contributed by atoms with Crippen molar-refractivity contribution in [1.82, 2.24) is 0 Å². The fourth-order valence-corrected chi connectivity index (χ4v) is 4.58. The van der Waals surface area contributed by atoms with Gasteiger partial charge in [0.05, 0.1) is 4.47 Å². The number of halogens is 4. The molecule has 0 aliphatic heterocycles. The Labute approximate surface area is 198 Å². The van der Waals surface area contributed by atoms with Gasteiger partial charge in [0, 0.05) is 40.4 Å². The molecular weight excluding hydrogens is 530 g/mol. The van der Waals surface area contributed by atoms with Crippen LogP contribution in [0, 0.1) is 11.6 Å². The van der Waals surface area contributed by atoms with E-state index in [2.05, 4.69) is 20.7 Å². The number of anilines is 1. The fourth-order valence-electron chi connectivity index (χ4n) is 2.80. The zero-order valence-corrected chi connectivity index (χ0v) is 19.4. The van der Waals surface area contributed by atoms with Crippen molar-refractivity contribution in [3.05, 3.63) is 69.2 Å². The SMILES string of the molecule is NCCOc1ccc(Cl)cc1-c1cc(N[S+]([O-])c2cc(C=O)cc(Br)c2O)c(F)cc1F. The Bertz CT molecular complexity index is 1170. The van der Waals surface area contributed by atoms with E-state index in [-0.39, 0.29) is 50.6 Å². The van der Waals surface area contributed by atoms with Gasteiger partial charge in [-0.15, -0.1) is 0 Å². The van der Waals surface area contributed by atoms with Crippen LogP contribution in [0.15, 0.2) is 51.8 Å². The van der Waals surface area contributed by atoms with E-state index in [0.29, 0.717) is 17.4 Å². The van der Waals surface area contributed by atoms with E-state index in [4.69, 9.17) is 22.1 Å². The molecule has 1 atom stereocenters. The number of carbonyl (C=O) groups excluding carboxylic acids is 1. The standard InChI is InChI=1S/C21H16BrClF2N2O4S/c22-15-5-11(10-28)6-20(21(15)29)32(30)27-18-8-13(16(24)9-17(18)25)14-7-12(23)1-2-19(14)31-4-3-26/h1-2,5-10,27,29H,3-4,26H2. The first-order chi connectivity index (χ1) is 15.2. The summed E-state index contributed by atoms with van der Waals surface area (Å²) >= 11 is 6.92. The number of hydrogen-bond donors (Lipinski definition) is 3. The van der Waals surface area contributed by atoms with Crippen molar-refractivity contribution in [2.75, 3.05) is 17.9 Å². The number of nitrogens with two attached hydrogens (primary N) is 1. The molecule has 0 amide bonds. The molecule has 0 bridgehead atoms. The summed E-state index contributed by atoms with van der Waals surface area (Å²) in [5.41, 5.74) is 5.47. The van der Waals surface area contributed by atoms with E-state index in [9.17, 15) is 23.2 Å². The molecule has 32 heavy (non-hydrogen) atoms. The number of phenols is 1. The van der Waals surface area contributed by atoms with Gasteiger partial charge in [0.15, 0.2) is 11.6 Å². The Morgan fingerprint density at radius 3 is 2.62 bits per heavy atom. The van der Waals surface area contributed by atoms with Crippen LogP contribution in [0.2, 0.25) is 5.02 Å². The van der Waals surface area contributed by atoms with Crippen LogP contribution in [0.5, 0.6) is 11.5 Å². The molecule has 0 heterocycles. The number of phenolic OH excluding ortho intramolecular Hbond substituents is 1. The molecular formula is C21H16BrClF2N2O4S. The third-order valence-electron chi connectivity index (χ3n) is 4.25. The summed E-state index contributed by atoms with van der Waals surface area (Å²) in [7, 11) is 0. The molecule has 0 radical (unpaired) electrons. The van der Waals surface area contributed by atoms with E-state index >= 15 is 0 Å². The Hall–Kier alpha value is -2.37. The van der Waals surface area contributed by atoms with E-state index in [1.807, 2.05) is 0 Å². The molecule has 168 valence electrons. The van der Waals surface area contributed by atoms with Gasteiger partial charge < -0.3 is 20.1 Å². The third-order valence-corrected chi connectivity index (χ3v) is 6.21. The lowest BCUT2D eigenvalue weighted by atomic mass is 10.0. The van der Waals surface area contributed by atoms with Crippen LogP contribution in [0.25, 0.3) is 11.1 Å². The molecule has 3 aromatic carbocycles. The second-order valence-corrected chi connectivity index (χ2v) is 8.90. The maximum Gasteiger partial charge on any atom is 0.223 e. The maximum absolute atomic E-state index is 14.7. The summed E-state index contributed by atoms with van der Waals surface area (Å²) < 4.78 is 50.0. The maximum atomic E-state index is 14.7. The second-order valence-electron chi connectivity index (χ2n) is 6.43. The summed E-state index contributed by atoms with van der Waals surface area (Å²) in [5, 5.41) is 10.5. The van der Waals surface area contributed by atoms with E-state index < -0.39 is 28.7 Å². The molecule has 0 aliphatic rings. The average molecular weight is 546 g/mol. The summed E-state index contributed by atoms with van der Waals surface area (Å²) in [6, 6.07) is 8.78. The third kappa shape index (κ3) is 5.33. The second kappa shape index (κ2) is 10.5. The predicted octanol–water partition coefficient (Wildman–Crippen LogP) is 5.04. The number of hydrogen-bond acceptors (Lipinski definition) is 6. The van der Waals surface area contributed by atoms with Gasteiger partial charge in [-0.1, -0.05) is 11.6 Å². The lowest BCUT2D eigenvalue weighted by Crippen LogP contribution is -2.15. The summed E-state index contributed by atoms with van der Waals surface area (Å²) in [4.78, 5) is 10.9. The highest BCUT2D eigenvalue weighted by atomic mass is 79.9. The Morgan fingerprint density at radius 1 is 1.19 bits per heavy atom. The molecule has 0 saturated heterocycles. The Morgan fingerprint density at radius 2 is 1.94 bits per heavy atom. The minimum Gasteiger partial charge on any atom is -0.588 e. The van der Waals surface area contributed by atoms with Crippen molar-refractivity contribution in [3.8, 4) is 22.6 Å². The molecule has 0 fully saturated rings. The molecule has 11 heteroatoms. The van der Waals surface area contributed by atoms with Crippen LogP contribution in [0.3, 0.4) is 0 Å². The fraction of sp³-hybridized carbons (Fsp3) is 0.0952. The number of aromatic hydroxyl groups is 1. The van der Waals surface area contributed by atoms with Crippen molar-refractivity contribution in [2.45, 2.75) is 4.90 Å². The van der Waals surface area contributed by atoms with Gasteiger partial charge in [-0.25, -0.2) is 13.5 Å². The molecule has 0 saturated carbocycles. The van der Waals surface area contributed by atoms with Gasteiger partial charge in [0.2, 0.25) is 4.90 Å². The number of benzene rings is 3. The van der Waals surface area contributed by atoms with E-state index in [1.54, 1.807) is 6.07 Å². The molecule has 0 aromatic heterocycles. The molecule has 1 unspecified atom stereocenters.